The summed E-state index contributed by atoms with van der Waals surface area (Å²) in [6.45, 7) is 2.82. The highest BCUT2D eigenvalue weighted by atomic mass is 15.3. The van der Waals surface area contributed by atoms with E-state index >= 15 is 0 Å². The molecule has 0 radical (unpaired) electrons. The summed E-state index contributed by atoms with van der Waals surface area (Å²) >= 11 is 0. The molecule has 1 heterocycles. The van der Waals surface area contributed by atoms with Crippen molar-refractivity contribution in [3.05, 3.63) is 11.6 Å². The standard InChI is InChI=1S/C13H24N4/c1-3-10(9-14)13-15-12(16-17(13)2)11-7-5-4-6-8-11/h10-11H,3-9,14H2,1-2H3. The monoisotopic (exact) mass is 236 g/mol. The first kappa shape index (κ1) is 12.6. The summed E-state index contributed by atoms with van der Waals surface area (Å²) in [5.74, 6) is 3.05. The summed E-state index contributed by atoms with van der Waals surface area (Å²) in [5.41, 5.74) is 5.79. The van der Waals surface area contributed by atoms with E-state index < -0.39 is 0 Å². The van der Waals surface area contributed by atoms with Crippen molar-refractivity contribution in [1.82, 2.24) is 14.8 Å². The molecule has 0 bridgehead atoms. The lowest BCUT2D eigenvalue weighted by molar-refractivity contribution is 0.427. The van der Waals surface area contributed by atoms with Gasteiger partial charge in [-0.3, -0.25) is 4.68 Å². The lowest BCUT2D eigenvalue weighted by atomic mass is 9.89. The van der Waals surface area contributed by atoms with Gasteiger partial charge in [0.05, 0.1) is 0 Å². The second-order valence-electron chi connectivity index (χ2n) is 5.13. The van der Waals surface area contributed by atoms with Crippen LogP contribution in [-0.2, 0) is 7.05 Å². The highest BCUT2D eigenvalue weighted by Gasteiger charge is 2.22. The van der Waals surface area contributed by atoms with E-state index in [0.29, 0.717) is 18.4 Å². The van der Waals surface area contributed by atoms with Gasteiger partial charge in [-0.05, 0) is 19.3 Å². The van der Waals surface area contributed by atoms with E-state index in [2.05, 4.69) is 12.0 Å². The van der Waals surface area contributed by atoms with Crippen LogP contribution in [0.5, 0.6) is 0 Å². The van der Waals surface area contributed by atoms with Crippen LogP contribution in [0.15, 0.2) is 0 Å². The molecule has 1 fully saturated rings. The SMILES string of the molecule is CCC(CN)c1nc(C2CCCCC2)nn1C. The molecule has 4 heteroatoms. The molecule has 1 aliphatic rings. The summed E-state index contributed by atoms with van der Waals surface area (Å²) < 4.78 is 1.94. The van der Waals surface area contributed by atoms with Gasteiger partial charge < -0.3 is 5.73 Å². The molecule has 0 aromatic carbocycles. The van der Waals surface area contributed by atoms with Crippen molar-refractivity contribution in [3.8, 4) is 0 Å². The molecule has 4 nitrogen and oxygen atoms in total. The zero-order valence-electron chi connectivity index (χ0n) is 11.0. The predicted octanol–water partition coefficient (Wildman–Crippen LogP) is 2.32. The number of aryl methyl sites for hydroxylation is 1. The van der Waals surface area contributed by atoms with Crippen molar-refractivity contribution in [1.29, 1.82) is 0 Å². The maximum absolute atomic E-state index is 5.79. The van der Waals surface area contributed by atoms with E-state index in [4.69, 9.17) is 10.7 Å². The predicted molar refractivity (Wildman–Crippen MR) is 68.9 cm³/mol. The molecule has 0 spiro atoms. The molecule has 2 N–H and O–H groups in total. The average Bonchev–Trinajstić information content (AvgIpc) is 2.75. The third-order valence-corrected chi connectivity index (χ3v) is 3.93. The van der Waals surface area contributed by atoms with Crippen LogP contribution in [0, 0.1) is 0 Å². The first-order chi connectivity index (χ1) is 8.26. The molecule has 1 unspecified atom stereocenters. The van der Waals surface area contributed by atoms with Crippen LogP contribution in [0.1, 0.15) is 68.9 Å². The largest absolute Gasteiger partial charge is 0.330 e. The van der Waals surface area contributed by atoms with Gasteiger partial charge in [0.2, 0.25) is 0 Å². The van der Waals surface area contributed by atoms with Gasteiger partial charge in [0.15, 0.2) is 5.82 Å². The minimum Gasteiger partial charge on any atom is -0.330 e. The molecule has 1 aromatic heterocycles. The van der Waals surface area contributed by atoms with E-state index in [-0.39, 0.29) is 0 Å². The Morgan fingerprint density at radius 1 is 1.35 bits per heavy atom. The van der Waals surface area contributed by atoms with Crippen molar-refractivity contribution in [2.24, 2.45) is 12.8 Å². The number of aromatic nitrogens is 3. The quantitative estimate of drug-likeness (QED) is 0.872. The van der Waals surface area contributed by atoms with Gasteiger partial charge in [-0.2, -0.15) is 5.10 Å². The second-order valence-corrected chi connectivity index (χ2v) is 5.13. The zero-order chi connectivity index (χ0) is 12.3. The van der Waals surface area contributed by atoms with Crippen LogP contribution in [-0.4, -0.2) is 21.3 Å². The van der Waals surface area contributed by atoms with Gasteiger partial charge >= 0.3 is 0 Å². The minimum atomic E-state index is 0.352. The van der Waals surface area contributed by atoms with Gasteiger partial charge in [-0.1, -0.05) is 26.2 Å². The van der Waals surface area contributed by atoms with Crippen molar-refractivity contribution in [2.45, 2.75) is 57.3 Å². The van der Waals surface area contributed by atoms with Gasteiger partial charge in [-0.25, -0.2) is 4.98 Å². The normalized spacial score (nSPS) is 19.5. The van der Waals surface area contributed by atoms with Gasteiger partial charge in [-0.15, -0.1) is 0 Å². The van der Waals surface area contributed by atoms with Crippen LogP contribution in [0.25, 0.3) is 0 Å². The molecule has 1 atom stereocenters. The fourth-order valence-corrected chi connectivity index (χ4v) is 2.76. The second kappa shape index (κ2) is 5.63. The Kier molecular flexibility index (Phi) is 4.15. The van der Waals surface area contributed by atoms with Crippen LogP contribution in [0.3, 0.4) is 0 Å². The number of rotatable bonds is 4. The van der Waals surface area contributed by atoms with Crippen LogP contribution >= 0.6 is 0 Å². The van der Waals surface area contributed by atoms with E-state index in [1.165, 1.54) is 32.1 Å². The lowest BCUT2D eigenvalue weighted by Gasteiger charge is -2.18. The highest BCUT2D eigenvalue weighted by Crippen LogP contribution is 2.31. The summed E-state index contributed by atoms with van der Waals surface area (Å²) in [6.07, 6.45) is 7.56. The third-order valence-electron chi connectivity index (χ3n) is 3.93. The molecule has 2 rings (SSSR count). The number of nitrogens with zero attached hydrogens (tertiary/aromatic N) is 3. The molecule has 0 saturated heterocycles. The summed E-state index contributed by atoms with van der Waals surface area (Å²) in [5, 5.41) is 4.60. The van der Waals surface area contributed by atoms with Crippen molar-refractivity contribution < 1.29 is 0 Å². The first-order valence-corrected chi connectivity index (χ1v) is 6.87. The molecular weight excluding hydrogens is 212 g/mol. The molecule has 17 heavy (non-hydrogen) atoms. The number of hydrogen-bond donors (Lipinski definition) is 1. The van der Waals surface area contributed by atoms with Crippen molar-refractivity contribution in [3.63, 3.8) is 0 Å². The van der Waals surface area contributed by atoms with Crippen LogP contribution in [0.2, 0.25) is 0 Å². The maximum atomic E-state index is 5.79. The average molecular weight is 236 g/mol. The molecule has 1 aromatic rings. The maximum Gasteiger partial charge on any atom is 0.154 e. The lowest BCUT2D eigenvalue weighted by Crippen LogP contribution is -2.16. The highest BCUT2D eigenvalue weighted by molar-refractivity contribution is 5.05. The number of hydrogen-bond acceptors (Lipinski definition) is 3. The Morgan fingerprint density at radius 3 is 2.65 bits per heavy atom. The fourth-order valence-electron chi connectivity index (χ4n) is 2.76. The zero-order valence-corrected chi connectivity index (χ0v) is 11.0. The minimum absolute atomic E-state index is 0.352. The smallest absolute Gasteiger partial charge is 0.154 e. The molecule has 1 aliphatic carbocycles. The first-order valence-electron chi connectivity index (χ1n) is 6.87. The van der Waals surface area contributed by atoms with E-state index in [1.807, 2.05) is 11.7 Å². The van der Waals surface area contributed by atoms with E-state index in [9.17, 15) is 0 Å². The molecule has 0 aliphatic heterocycles. The van der Waals surface area contributed by atoms with Crippen molar-refractivity contribution >= 4 is 0 Å². The summed E-state index contributed by atoms with van der Waals surface area (Å²) in [6, 6.07) is 0. The molecular formula is C13H24N4. The molecule has 96 valence electrons. The van der Waals surface area contributed by atoms with Gasteiger partial charge in [0, 0.05) is 25.4 Å². The van der Waals surface area contributed by atoms with Gasteiger partial charge in [0.25, 0.3) is 0 Å². The number of nitrogens with two attached hydrogens (primary N) is 1. The Balaban J connectivity index is 2.16. The molecule has 0 amide bonds. The van der Waals surface area contributed by atoms with Crippen molar-refractivity contribution in [2.75, 3.05) is 6.54 Å². The van der Waals surface area contributed by atoms with E-state index in [0.717, 1.165) is 18.1 Å². The fraction of sp³-hybridized carbons (Fsp3) is 0.846. The van der Waals surface area contributed by atoms with E-state index in [1.54, 1.807) is 0 Å². The Hall–Kier alpha value is -0.900. The topological polar surface area (TPSA) is 56.7 Å². The third kappa shape index (κ3) is 2.68. The van der Waals surface area contributed by atoms with Crippen LogP contribution < -0.4 is 5.73 Å². The Bertz CT molecular complexity index is 348. The molecule has 1 saturated carbocycles. The van der Waals surface area contributed by atoms with Crippen LogP contribution in [0.4, 0.5) is 0 Å². The summed E-state index contributed by atoms with van der Waals surface area (Å²) in [4.78, 5) is 4.75. The Labute approximate surface area is 104 Å². The Morgan fingerprint density at radius 2 is 2.06 bits per heavy atom. The summed E-state index contributed by atoms with van der Waals surface area (Å²) in [7, 11) is 1.99. The van der Waals surface area contributed by atoms with Gasteiger partial charge in [0.1, 0.15) is 5.82 Å².